The zero-order valence-corrected chi connectivity index (χ0v) is 26.7. The molecule has 0 saturated carbocycles. The van der Waals surface area contributed by atoms with Gasteiger partial charge >= 0.3 is 5.97 Å². The summed E-state index contributed by atoms with van der Waals surface area (Å²) >= 11 is 5.70. The summed E-state index contributed by atoms with van der Waals surface area (Å²) < 4.78 is 26.4. The summed E-state index contributed by atoms with van der Waals surface area (Å²) in [7, 11) is 1.30. The molecule has 2 aromatic carbocycles. The van der Waals surface area contributed by atoms with Gasteiger partial charge in [0, 0.05) is 15.3 Å². The Morgan fingerprint density at radius 3 is 2.56 bits per heavy atom. The van der Waals surface area contributed by atoms with Crippen molar-refractivity contribution in [2.45, 2.75) is 19.9 Å². The quantitative estimate of drug-likeness (QED) is 0.170. The van der Waals surface area contributed by atoms with Gasteiger partial charge in [-0.25, -0.2) is 9.79 Å². The van der Waals surface area contributed by atoms with E-state index in [4.69, 9.17) is 18.9 Å². The van der Waals surface area contributed by atoms with Crippen molar-refractivity contribution in [1.82, 2.24) is 4.57 Å². The minimum absolute atomic E-state index is 0.238. The van der Waals surface area contributed by atoms with Crippen molar-refractivity contribution in [2.75, 3.05) is 26.9 Å². The van der Waals surface area contributed by atoms with Gasteiger partial charge in [-0.2, -0.15) is 0 Å². The molecular formula is C28H26I2N2O6S. The van der Waals surface area contributed by atoms with E-state index < -0.39 is 12.0 Å². The molecule has 1 aliphatic rings. The molecule has 2 heterocycles. The largest absolute Gasteiger partial charge is 0.490 e. The number of methoxy groups -OCH3 is 1. The molecule has 1 aromatic heterocycles. The summed E-state index contributed by atoms with van der Waals surface area (Å²) in [6, 6.07) is 8.59. The first-order valence-electron chi connectivity index (χ1n) is 12.0. The average molecular weight is 772 g/mol. The number of hydrogen-bond acceptors (Lipinski definition) is 8. The highest BCUT2D eigenvalue weighted by molar-refractivity contribution is 14.1. The number of benzene rings is 2. The van der Waals surface area contributed by atoms with E-state index >= 15 is 0 Å². The lowest BCUT2D eigenvalue weighted by Gasteiger charge is -2.23. The normalized spacial score (nSPS) is 14.6. The first-order chi connectivity index (χ1) is 18.8. The molecule has 39 heavy (non-hydrogen) atoms. The van der Waals surface area contributed by atoms with Crippen LogP contribution in [0.4, 0.5) is 0 Å². The molecule has 0 radical (unpaired) electrons. The highest BCUT2D eigenvalue weighted by atomic mass is 127. The zero-order valence-electron chi connectivity index (χ0n) is 21.5. The second kappa shape index (κ2) is 13.1. The number of carbonyl (C=O) groups excluding carboxylic acids is 1. The van der Waals surface area contributed by atoms with E-state index in [-0.39, 0.29) is 11.1 Å². The van der Waals surface area contributed by atoms with Crippen LogP contribution in [0.3, 0.4) is 0 Å². The molecule has 0 amide bonds. The van der Waals surface area contributed by atoms with Gasteiger partial charge in [-0.05, 0) is 94.9 Å². The van der Waals surface area contributed by atoms with E-state index in [1.807, 2.05) is 32.0 Å². The van der Waals surface area contributed by atoms with Crippen molar-refractivity contribution >= 4 is 68.6 Å². The number of hydrogen-bond donors (Lipinski definition) is 0. The van der Waals surface area contributed by atoms with Crippen molar-refractivity contribution in [1.29, 1.82) is 0 Å². The Hall–Kier alpha value is -2.65. The van der Waals surface area contributed by atoms with Gasteiger partial charge in [0.05, 0.1) is 40.0 Å². The second-order valence-corrected chi connectivity index (χ2v) is 11.6. The molecule has 0 bridgehead atoms. The summed E-state index contributed by atoms with van der Waals surface area (Å²) in [6.45, 7) is 8.73. The number of fused-ring (bicyclic) bond motifs is 1. The molecule has 1 aliphatic heterocycles. The smallest absolute Gasteiger partial charge is 0.337 e. The predicted octanol–water partition coefficient (Wildman–Crippen LogP) is 4.59. The molecule has 0 N–H and O–H groups in total. The van der Waals surface area contributed by atoms with E-state index in [1.165, 1.54) is 29.2 Å². The molecule has 0 aliphatic carbocycles. The van der Waals surface area contributed by atoms with Crippen LogP contribution in [0.15, 0.2) is 64.5 Å². The third-order valence-corrected chi connectivity index (χ3v) is 8.10. The van der Waals surface area contributed by atoms with Crippen LogP contribution in [0.5, 0.6) is 17.2 Å². The fourth-order valence-electron chi connectivity index (χ4n) is 4.11. The first kappa shape index (κ1) is 29.3. The SMILES string of the molecule is C=CCOc1c(I)cc(I)cc1/C=c1/sc2n(c1=O)[C@H](c1ccc(OCC)c(OCC)c1)C(C(=O)OC)=CN=2. The summed E-state index contributed by atoms with van der Waals surface area (Å²) in [5.41, 5.74) is 1.39. The van der Waals surface area contributed by atoms with E-state index in [0.29, 0.717) is 52.0 Å². The Balaban J connectivity index is 1.93. The maximum Gasteiger partial charge on any atom is 0.337 e. The third kappa shape index (κ3) is 6.24. The highest BCUT2D eigenvalue weighted by Crippen LogP contribution is 2.35. The summed E-state index contributed by atoms with van der Waals surface area (Å²) in [4.78, 5) is 31.6. The van der Waals surface area contributed by atoms with E-state index in [9.17, 15) is 9.59 Å². The molecular weight excluding hydrogens is 746 g/mol. The van der Waals surface area contributed by atoms with Crippen molar-refractivity contribution in [3.8, 4) is 17.2 Å². The Morgan fingerprint density at radius 1 is 1.13 bits per heavy atom. The second-order valence-electron chi connectivity index (χ2n) is 8.15. The number of rotatable bonds is 10. The predicted molar refractivity (Wildman–Crippen MR) is 168 cm³/mol. The number of carbonyl (C=O) groups is 1. The fraction of sp³-hybridized carbons (Fsp3) is 0.250. The molecule has 4 rings (SSSR count). The lowest BCUT2D eigenvalue weighted by Crippen LogP contribution is -2.39. The third-order valence-electron chi connectivity index (χ3n) is 5.68. The highest BCUT2D eigenvalue weighted by Gasteiger charge is 2.31. The van der Waals surface area contributed by atoms with Gasteiger partial charge in [-0.3, -0.25) is 9.36 Å². The van der Waals surface area contributed by atoms with Crippen LogP contribution < -0.4 is 29.1 Å². The average Bonchev–Trinajstić information content (AvgIpc) is 3.23. The van der Waals surface area contributed by atoms with Crippen LogP contribution in [0.1, 0.15) is 31.0 Å². The standard InChI is InChI=1S/C28H26I2N2O6S/c1-5-10-38-25-17(11-18(29)14-20(25)30)13-23-26(33)32-24(19(27(34)35-4)15-31-28(32)39-23)16-8-9-21(36-6-2)22(12-16)37-7-3/h5,8-9,11-15,24H,1,6-7,10H2,2-4H3/b23-13+/t24-/m1/s1. The Bertz CT molecular complexity index is 1630. The number of halogens is 2. The van der Waals surface area contributed by atoms with Crippen molar-refractivity contribution < 1.29 is 23.7 Å². The maximum absolute atomic E-state index is 13.9. The summed E-state index contributed by atoms with van der Waals surface area (Å²) in [5.74, 6) is 1.20. The first-order valence-corrected chi connectivity index (χ1v) is 15.0. The molecule has 11 heteroatoms. The van der Waals surface area contributed by atoms with Gasteiger partial charge in [0.25, 0.3) is 5.56 Å². The lowest BCUT2D eigenvalue weighted by molar-refractivity contribution is -0.136. The molecule has 8 nitrogen and oxygen atoms in total. The van der Waals surface area contributed by atoms with Crippen LogP contribution in [0, 0.1) is 7.14 Å². The monoisotopic (exact) mass is 772 g/mol. The van der Waals surface area contributed by atoms with Crippen LogP contribution in [0.25, 0.3) is 6.08 Å². The summed E-state index contributed by atoms with van der Waals surface area (Å²) in [6.07, 6.45) is 4.94. The van der Waals surface area contributed by atoms with E-state index in [2.05, 4.69) is 56.8 Å². The lowest BCUT2D eigenvalue weighted by atomic mass is 9.97. The Kier molecular flexibility index (Phi) is 9.88. The Labute approximate surface area is 256 Å². The molecule has 204 valence electrons. The van der Waals surface area contributed by atoms with Gasteiger partial charge in [0.1, 0.15) is 12.4 Å². The van der Waals surface area contributed by atoms with Crippen molar-refractivity contribution in [3.63, 3.8) is 0 Å². The fourth-order valence-corrected chi connectivity index (χ4v) is 7.12. The van der Waals surface area contributed by atoms with Gasteiger partial charge < -0.3 is 18.9 Å². The van der Waals surface area contributed by atoms with Crippen LogP contribution >= 0.6 is 56.5 Å². The van der Waals surface area contributed by atoms with Gasteiger partial charge in [0.2, 0.25) is 0 Å². The minimum atomic E-state index is -0.765. The topological polar surface area (TPSA) is 88.3 Å². The van der Waals surface area contributed by atoms with Crippen LogP contribution in [-0.2, 0) is 9.53 Å². The zero-order chi connectivity index (χ0) is 28.1. The molecule has 0 unspecified atom stereocenters. The maximum atomic E-state index is 13.9. The van der Waals surface area contributed by atoms with Gasteiger partial charge in [-0.15, -0.1) is 0 Å². The number of aromatic nitrogens is 1. The van der Waals surface area contributed by atoms with Crippen LogP contribution in [-0.4, -0.2) is 37.5 Å². The molecule has 0 spiro atoms. The number of esters is 1. The van der Waals surface area contributed by atoms with Crippen LogP contribution in [0.2, 0.25) is 0 Å². The van der Waals surface area contributed by atoms with E-state index in [1.54, 1.807) is 24.3 Å². The summed E-state index contributed by atoms with van der Waals surface area (Å²) in [5, 5.41) is 0. The van der Waals surface area contributed by atoms with Gasteiger partial charge in [-0.1, -0.05) is 30.1 Å². The minimum Gasteiger partial charge on any atom is -0.490 e. The molecule has 0 fully saturated rings. The van der Waals surface area contributed by atoms with Gasteiger partial charge in [0.15, 0.2) is 16.3 Å². The molecule has 3 aromatic rings. The number of ether oxygens (including phenoxy) is 4. The number of thiazole rings is 1. The molecule has 1 atom stereocenters. The molecule has 0 saturated heterocycles. The van der Waals surface area contributed by atoms with Crippen molar-refractivity contribution in [3.05, 3.63) is 92.7 Å². The number of nitrogens with zero attached hydrogens (tertiary/aromatic N) is 2. The van der Waals surface area contributed by atoms with Crippen molar-refractivity contribution in [2.24, 2.45) is 4.99 Å². The Morgan fingerprint density at radius 2 is 1.87 bits per heavy atom. The van der Waals surface area contributed by atoms with E-state index in [0.717, 1.165) is 12.7 Å².